The zero-order valence-electron chi connectivity index (χ0n) is 18.1. The number of nitro groups is 1. The Balaban J connectivity index is 1.55. The van der Waals surface area contributed by atoms with Crippen molar-refractivity contribution in [3.05, 3.63) is 99.1 Å². The summed E-state index contributed by atoms with van der Waals surface area (Å²) in [5.41, 5.74) is 2.64. The van der Waals surface area contributed by atoms with E-state index in [4.69, 9.17) is 11.6 Å². The third-order valence-electron chi connectivity index (χ3n) is 5.04. The van der Waals surface area contributed by atoms with Crippen LogP contribution in [0.3, 0.4) is 0 Å². The SMILES string of the molecule is Cc1ccc(NC(=O)CSc2nnc(-c3ccccc3Cl)n2Cc2ccccc2)cc1[N+](=O)[O-]. The van der Waals surface area contributed by atoms with E-state index in [0.717, 1.165) is 11.1 Å². The molecular weight excluding hydrogens is 474 g/mol. The van der Waals surface area contributed by atoms with Gasteiger partial charge in [-0.1, -0.05) is 71.9 Å². The summed E-state index contributed by atoms with van der Waals surface area (Å²) >= 11 is 7.64. The first-order chi connectivity index (χ1) is 16.4. The molecule has 0 spiro atoms. The van der Waals surface area contributed by atoms with Gasteiger partial charge in [0, 0.05) is 22.9 Å². The van der Waals surface area contributed by atoms with Crippen molar-refractivity contribution in [2.24, 2.45) is 0 Å². The Morgan fingerprint density at radius 2 is 1.82 bits per heavy atom. The van der Waals surface area contributed by atoms with E-state index in [1.165, 1.54) is 17.8 Å². The minimum atomic E-state index is -0.470. The number of halogens is 1. The molecule has 1 N–H and O–H groups in total. The highest BCUT2D eigenvalue weighted by Gasteiger charge is 2.18. The zero-order valence-corrected chi connectivity index (χ0v) is 19.7. The topological polar surface area (TPSA) is 103 Å². The maximum absolute atomic E-state index is 12.6. The molecular formula is C24H20ClN5O3S. The van der Waals surface area contributed by atoms with Crippen molar-refractivity contribution in [1.29, 1.82) is 0 Å². The molecule has 0 unspecified atom stereocenters. The van der Waals surface area contributed by atoms with Crippen LogP contribution in [0, 0.1) is 17.0 Å². The fraction of sp³-hybridized carbons (Fsp3) is 0.125. The van der Waals surface area contributed by atoms with Crippen molar-refractivity contribution in [3.63, 3.8) is 0 Å². The molecule has 4 aromatic rings. The van der Waals surface area contributed by atoms with Gasteiger partial charge in [-0.3, -0.25) is 19.5 Å². The van der Waals surface area contributed by atoms with Crippen molar-refractivity contribution in [2.45, 2.75) is 18.6 Å². The van der Waals surface area contributed by atoms with E-state index in [1.54, 1.807) is 25.1 Å². The van der Waals surface area contributed by atoms with E-state index in [9.17, 15) is 14.9 Å². The average molecular weight is 494 g/mol. The lowest BCUT2D eigenvalue weighted by atomic mass is 10.2. The standard InChI is InChI=1S/C24H20ClN5O3S/c1-16-11-12-18(13-21(16)30(32)33)26-22(31)15-34-24-28-27-23(19-9-5-6-10-20(19)25)29(24)14-17-7-3-2-4-8-17/h2-13H,14-15H2,1H3,(H,26,31). The first-order valence-electron chi connectivity index (χ1n) is 10.3. The Kier molecular flexibility index (Phi) is 7.24. The third-order valence-corrected chi connectivity index (χ3v) is 6.33. The maximum Gasteiger partial charge on any atom is 0.274 e. The Morgan fingerprint density at radius 1 is 1.09 bits per heavy atom. The molecule has 8 nitrogen and oxygen atoms in total. The molecule has 4 rings (SSSR count). The van der Waals surface area contributed by atoms with Gasteiger partial charge in [0.2, 0.25) is 5.91 Å². The van der Waals surface area contributed by atoms with Crippen LogP contribution in [0.5, 0.6) is 0 Å². The number of carbonyl (C=O) groups is 1. The van der Waals surface area contributed by atoms with Gasteiger partial charge in [-0.2, -0.15) is 0 Å². The molecule has 0 aliphatic rings. The maximum atomic E-state index is 12.6. The molecule has 0 aliphatic carbocycles. The number of hydrogen-bond donors (Lipinski definition) is 1. The number of thioether (sulfide) groups is 1. The molecule has 0 atom stereocenters. The van der Waals surface area contributed by atoms with Gasteiger partial charge in [0.25, 0.3) is 5.69 Å². The molecule has 1 heterocycles. The second-order valence-corrected chi connectivity index (χ2v) is 8.80. The number of amides is 1. The van der Waals surface area contributed by atoms with Gasteiger partial charge >= 0.3 is 0 Å². The summed E-state index contributed by atoms with van der Waals surface area (Å²) in [5, 5.41) is 23.6. The quantitative estimate of drug-likeness (QED) is 0.195. The second-order valence-electron chi connectivity index (χ2n) is 7.45. The number of carbonyl (C=O) groups excluding carboxylic acids is 1. The summed E-state index contributed by atoms with van der Waals surface area (Å²) in [4.78, 5) is 23.3. The molecule has 0 radical (unpaired) electrons. The molecule has 1 amide bonds. The Bertz CT molecular complexity index is 1340. The number of nitro benzene ring substituents is 1. The van der Waals surface area contributed by atoms with Gasteiger partial charge in [0.05, 0.1) is 22.2 Å². The first-order valence-corrected chi connectivity index (χ1v) is 11.7. The number of anilines is 1. The van der Waals surface area contributed by atoms with Crippen molar-refractivity contribution in [2.75, 3.05) is 11.1 Å². The normalized spacial score (nSPS) is 10.8. The Morgan fingerprint density at radius 3 is 2.56 bits per heavy atom. The minimum absolute atomic E-state index is 0.0440. The van der Waals surface area contributed by atoms with Gasteiger partial charge in [0.15, 0.2) is 11.0 Å². The van der Waals surface area contributed by atoms with Crippen LogP contribution in [0.15, 0.2) is 78.0 Å². The predicted octanol–water partition coefficient (Wildman–Crippen LogP) is 5.59. The molecule has 1 aromatic heterocycles. The van der Waals surface area contributed by atoms with Crippen LogP contribution >= 0.6 is 23.4 Å². The largest absolute Gasteiger partial charge is 0.325 e. The van der Waals surface area contributed by atoms with Gasteiger partial charge in [-0.15, -0.1) is 10.2 Å². The number of nitrogens with one attached hydrogen (secondary N) is 1. The van der Waals surface area contributed by atoms with Crippen LogP contribution in [0.2, 0.25) is 5.02 Å². The van der Waals surface area contributed by atoms with E-state index in [1.807, 2.05) is 53.1 Å². The van der Waals surface area contributed by atoms with Crippen molar-refractivity contribution < 1.29 is 9.72 Å². The number of rotatable bonds is 8. The average Bonchev–Trinajstić information content (AvgIpc) is 3.22. The van der Waals surface area contributed by atoms with Gasteiger partial charge < -0.3 is 5.32 Å². The fourth-order valence-electron chi connectivity index (χ4n) is 3.36. The Labute approximate surface area is 205 Å². The van der Waals surface area contributed by atoms with Crippen molar-refractivity contribution in [1.82, 2.24) is 14.8 Å². The third kappa shape index (κ3) is 5.44. The summed E-state index contributed by atoms with van der Waals surface area (Å²) in [6.07, 6.45) is 0. The highest BCUT2D eigenvalue weighted by atomic mass is 35.5. The predicted molar refractivity (Wildman–Crippen MR) is 133 cm³/mol. The molecule has 10 heteroatoms. The summed E-state index contributed by atoms with van der Waals surface area (Å²) in [7, 11) is 0. The molecule has 0 fully saturated rings. The Hall–Kier alpha value is -3.69. The number of nitrogens with zero attached hydrogens (tertiary/aromatic N) is 4. The minimum Gasteiger partial charge on any atom is -0.325 e. The second kappa shape index (κ2) is 10.5. The van der Waals surface area contributed by atoms with Gasteiger partial charge in [0.1, 0.15) is 0 Å². The molecule has 3 aromatic carbocycles. The molecule has 0 saturated carbocycles. The van der Waals surface area contributed by atoms with E-state index in [2.05, 4.69) is 15.5 Å². The number of aryl methyl sites for hydroxylation is 1. The smallest absolute Gasteiger partial charge is 0.274 e. The number of hydrogen-bond acceptors (Lipinski definition) is 6. The molecule has 0 bridgehead atoms. The monoisotopic (exact) mass is 493 g/mol. The lowest BCUT2D eigenvalue weighted by Gasteiger charge is -2.11. The van der Waals surface area contributed by atoms with Crippen LogP contribution < -0.4 is 5.32 Å². The van der Waals surface area contributed by atoms with Gasteiger partial charge in [-0.05, 0) is 30.7 Å². The first kappa shape index (κ1) is 23.5. The van der Waals surface area contributed by atoms with E-state index < -0.39 is 4.92 Å². The highest BCUT2D eigenvalue weighted by molar-refractivity contribution is 7.99. The number of benzene rings is 3. The zero-order chi connectivity index (χ0) is 24.1. The lowest BCUT2D eigenvalue weighted by Crippen LogP contribution is -2.15. The van der Waals surface area contributed by atoms with Crippen LogP contribution in [0.25, 0.3) is 11.4 Å². The van der Waals surface area contributed by atoms with Crippen LogP contribution in [-0.2, 0) is 11.3 Å². The summed E-state index contributed by atoms with van der Waals surface area (Å²) in [6.45, 7) is 2.15. The molecule has 0 saturated heterocycles. The van der Waals surface area contributed by atoms with E-state index in [-0.39, 0.29) is 17.3 Å². The van der Waals surface area contributed by atoms with E-state index in [0.29, 0.717) is 33.8 Å². The van der Waals surface area contributed by atoms with Crippen molar-refractivity contribution in [3.8, 4) is 11.4 Å². The molecule has 0 aliphatic heterocycles. The lowest BCUT2D eigenvalue weighted by molar-refractivity contribution is -0.385. The molecule has 172 valence electrons. The summed E-state index contributed by atoms with van der Waals surface area (Å²) in [6, 6.07) is 21.8. The summed E-state index contributed by atoms with van der Waals surface area (Å²) in [5.74, 6) is 0.347. The van der Waals surface area contributed by atoms with Gasteiger partial charge in [-0.25, -0.2) is 0 Å². The molecule has 34 heavy (non-hydrogen) atoms. The van der Waals surface area contributed by atoms with E-state index >= 15 is 0 Å². The van der Waals surface area contributed by atoms with Crippen LogP contribution in [-0.4, -0.2) is 31.3 Å². The van der Waals surface area contributed by atoms with Crippen LogP contribution in [0.1, 0.15) is 11.1 Å². The number of aromatic nitrogens is 3. The highest BCUT2D eigenvalue weighted by Crippen LogP contribution is 2.30. The fourth-order valence-corrected chi connectivity index (χ4v) is 4.31. The van der Waals surface area contributed by atoms with Crippen LogP contribution in [0.4, 0.5) is 11.4 Å². The summed E-state index contributed by atoms with van der Waals surface area (Å²) < 4.78 is 1.92. The van der Waals surface area contributed by atoms with Crippen molar-refractivity contribution >= 4 is 40.6 Å².